The molecule has 144 valence electrons. The highest BCUT2D eigenvalue weighted by Gasteiger charge is 2.17. The van der Waals surface area contributed by atoms with Crippen LogP contribution in [-0.2, 0) is 9.47 Å². The number of rotatable bonds is 4. The normalized spacial score (nSPS) is 20.0. The molecule has 2 N–H and O–H groups in total. The Morgan fingerprint density at radius 1 is 1.26 bits per heavy atom. The molecule has 0 saturated carbocycles. The Balaban J connectivity index is 1.45. The first-order chi connectivity index (χ1) is 13.2. The quantitative estimate of drug-likeness (QED) is 0.865. The number of hydrogen-bond acceptors (Lipinski definition) is 5. The molecule has 0 radical (unpaired) electrons. The van der Waals surface area contributed by atoms with Gasteiger partial charge in [-0.1, -0.05) is 0 Å². The number of urea groups is 1. The fourth-order valence-corrected chi connectivity index (χ4v) is 3.60. The number of anilines is 2. The van der Waals surface area contributed by atoms with Crippen molar-refractivity contribution in [3.8, 4) is 0 Å². The molecule has 1 aromatic heterocycles. The Morgan fingerprint density at radius 3 is 2.89 bits per heavy atom. The molecule has 0 spiro atoms. The second-order valence-electron chi connectivity index (χ2n) is 7.10. The van der Waals surface area contributed by atoms with Crippen LogP contribution in [0.15, 0.2) is 24.3 Å². The van der Waals surface area contributed by atoms with Gasteiger partial charge in [-0.15, -0.1) is 0 Å². The van der Waals surface area contributed by atoms with E-state index in [0.29, 0.717) is 6.54 Å². The Morgan fingerprint density at radius 2 is 2.11 bits per heavy atom. The van der Waals surface area contributed by atoms with Crippen molar-refractivity contribution in [2.45, 2.75) is 25.9 Å². The van der Waals surface area contributed by atoms with Gasteiger partial charge in [0.2, 0.25) is 0 Å². The molecular formula is C20H26N4O3. The predicted octanol–water partition coefficient (Wildman–Crippen LogP) is 2.68. The summed E-state index contributed by atoms with van der Waals surface area (Å²) in [7, 11) is 0. The number of hydrogen-bond donors (Lipinski definition) is 2. The molecule has 3 heterocycles. The minimum atomic E-state index is -0.208. The number of carbonyl (C=O) groups excluding carboxylic acids is 1. The van der Waals surface area contributed by atoms with Gasteiger partial charge in [0, 0.05) is 37.3 Å². The summed E-state index contributed by atoms with van der Waals surface area (Å²) < 4.78 is 10.9. The van der Waals surface area contributed by atoms with E-state index in [2.05, 4.69) is 28.5 Å². The molecule has 2 saturated heterocycles. The molecule has 0 unspecified atom stereocenters. The number of carbonyl (C=O) groups is 1. The fourth-order valence-electron chi connectivity index (χ4n) is 3.60. The molecular weight excluding hydrogens is 344 g/mol. The smallest absolute Gasteiger partial charge is 0.319 e. The number of morpholine rings is 1. The first-order valence-electron chi connectivity index (χ1n) is 9.59. The van der Waals surface area contributed by atoms with E-state index in [1.807, 2.05) is 18.2 Å². The summed E-state index contributed by atoms with van der Waals surface area (Å²) in [5.74, 6) is 0.985. The zero-order valence-electron chi connectivity index (χ0n) is 15.7. The largest absolute Gasteiger partial charge is 0.378 e. The van der Waals surface area contributed by atoms with Crippen LogP contribution in [0, 0.1) is 6.92 Å². The third kappa shape index (κ3) is 4.31. The minimum Gasteiger partial charge on any atom is -0.378 e. The highest BCUT2D eigenvalue weighted by molar-refractivity contribution is 5.94. The Bertz CT molecular complexity index is 814. The van der Waals surface area contributed by atoms with Crippen LogP contribution >= 0.6 is 0 Å². The molecule has 27 heavy (non-hydrogen) atoms. The second kappa shape index (κ2) is 8.10. The second-order valence-corrected chi connectivity index (χ2v) is 7.10. The number of ether oxygens (including phenoxy) is 2. The van der Waals surface area contributed by atoms with Crippen LogP contribution in [-0.4, -0.2) is 56.6 Å². The number of benzene rings is 1. The van der Waals surface area contributed by atoms with Crippen LogP contribution < -0.4 is 15.5 Å². The van der Waals surface area contributed by atoms with Gasteiger partial charge >= 0.3 is 6.03 Å². The van der Waals surface area contributed by atoms with Crippen molar-refractivity contribution < 1.29 is 14.3 Å². The number of fused-ring (bicyclic) bond motifs is 1. The van der Waals surface area contributed by atoms with E-state index in [1.54, 1.807) is 0 Å². The topological polar surface area (TPSA) is 75.7 Å². The summed E-state index contributed by atoms with van der Waals surface area (Å²) in [6, 6.07) is 7.73. The molecule has 2 amide bonds. The van der Waals surface area contributed by atoms with E-state index in [0.717, 1.165) is 73.7 Å². The first kappa shape index (κ1) is 18.0. The number of nitrogens with zero attached hydrogens (tertiary/aromatic N) is 2. The maximum absolute atomic E-state index is 12.1. The molecule has 1 atom stereocenters. The Kier molecular flexibility index (Phi) is 5.40. The standard InChI is InChI=1S/C20H26N4O3/c1-14-11-19(24-6-9-26-10-7-24)23-18-5-4-15(12-17(14)18)22-20(25)21-13-16-3-2-8-27-16/h4-5,11-12,16H,2-3,6-10,13H2,1H3,(H2,21,22,25)/t16-/m0/s1. The molecule has 2 aliphatic rings. The van der Waals surface area contributed by atoms with Gasteiger partial charge in [0.25, 0.3) is 0 Å². The molecule has 7 heteroatoms. The van der Waals surface area contributed by atoms with E-state index in [1.165, 1.54) is 0 Å². The SMILES string of the molecule is Cc1cc(N2CCOCC2)nc2ccc(NC(=O)NC[C@@H]3CCCO3)cc12. The number of nitrogens with one attached hydrogen (secondary N) is 2. The van der Waals surface area contributed by atoms with Crippen molar-refractivity contribution in [2.75, 3.05) is 49.7 Å². The summed E-state index contributed by atoms with van der Waals surface area (Å²) in [6.45, 7) is 6.62. The van der Waals surface area contributed by atoms with Crippen molar-refractivity contribution in [1.82, 2.24) is 10.3 Å². The molecule has 7 nitrogen and oxygen atoms in total. The van der Waals surface area contributed by atoms with E-state index >= 15 is 0 Å². The third-order valence-corrected chi connectivity index (χ3v) is 5.11. The number of amides is 2. The van der Waals surface area contributed by atoms with E-state index < -0.39 is 0 Å². The number of aryl methyl sites for hydroxylation is 1. The van der Waals surface area contributed by atoms with Gasteiger partial charge in [-0.2, -0.15) is 0 Å². The Hall–Kier alpha value is -2.38. The average molecular weight is 370 g/mol. The van der Waals surface area contributed by atoms with Gasteiger partial charge in [-0.3, -0.25) is 0 Å². The molecule has 4 rings (SSSR count). The van der Waals surface area contributed by atoms with E-state index in [9.17, 15) is 4.79 Å². The minimum absolute atomic E-state index is 0.136. The lowest BCUT2D eigenvalue weighted by Crippen LogP contribution is -2.36. The van der Waals surface area contributed by atoms with Gasteiger partial charge in [0.15, 0.2) is 0 Å². The van der Waals surface area contributed by atoms with Crippen molar-refractivity contribution in [3.63, 3.8) is 0 Å². The summed E-state index contributed by atoms with van der Waals surface area (Å²) in [6.07, 6.45) is 2.21. The van der Waals surface area contributed by atoms with Gasteiger partial charge in [0.1, 0.15) is 5.82 Å². The summed E-state index contributed by atoms with van der Waals surface area (Å²) in [5, 5.41) is 6.83. The highest BCUT2D eigenvalue weighted by atomic mass is 16.5. The summed E-state index contributed by atoms with van der Waals surface area (Å²) in [4.78, 5) is 19.2. The van der Waals surface area contributed by atoms with Crippen LogP contribution in [0.3, 0.4) is 0 Å². The monoisotopic (exact) mass is 370 g/mol. The number of aromatic nitrogens is 1. The zero-order valence-corrected chi connectivity index (χ0v) is 15.7. The van der Waals surface area contributed by atoms with Crippen molar-refractivity contribution in [1.29, 1.82) is 0 Å². The van der Waals surface area contributed by atoms with E-state index in [4.69, 9.17) is 14.5 Å². The van der Waals surface area contributed by atoms with Gasteiger partial charge < -0.3 is 25.0 Å². The summed E-state index contributed by atoms with van der Waals surface area (Å²) in [5.41, 5.74) is 2.84. The van der Waals surface area contributed by atoms with Gasteiger partial charge in [0.05, 0.1) is 24.8 Å². The van der Waals surface area contributed by atoms with Crippen LogP contribution in [0.5, 0.6) is 0 Å². The van der Waals surface area contributed by atoms with Crippen LogP contribution in [0.4, 0.5) is 16.3 Å². The highest BCUT2D eigenvalue weighted by Crippen LogP contribution is 2.25. The maximum Gasteiger partial charge on any atom is 0.319 e. The molecule has 2 aromatic rings. The van der Waals surface area contributed by atoms with Crippen LogP contribution in [0.1, 0.15) is 18.4 Å². The van der Waals surface area contributed by atoms with Gasteiger partial charge in [-0.25, -0.2) is 9.78 Å². The number of pyridine rings is 1. The Labute approximate surface area is 159 Å². The molecule has 2 fully saturated rings. The summed E-state index contributed by atoms with van der Waals surface area (Å²) >= 11 is 0. The molecule has 2 aliphatic heterocycles. The molecule has 0 bridgehead atoms. The fraction of sp³-hybridized carbons (Fsp3) is 0.500. The average Bonchev–Trinajstić information content (AvgIpc) is 3.21. The van der Waals surface area contributed by atoms with Crippen molar-refractivity contribution in [3.05, 3.63) is 29.8 Å². The van der Waals surface area contributed by atoms with Crippen molar-refractivity contribution in [2.24, 2.45) is 0 Å². The lowest BCUT2D eigenvalue weighted by Gasteiger charge is -2.28. The van der Waals surface area contributed by atoms with Crippen LogP contribution in [0.2, 0.25) is 0 Å². The zero-order chi connectivity index (χ0) is 18.6. The lowest BCUT2D eigenvalue weighted by molar-refractivity contribution is 0.112. The molecule has 0 aliphatic carbocycles. The van der Waals surface area contributed by atoms with Gasteiger partial charge in [-0.05, 0) is 49.6 Å². The lowest BCUT2D eigenvalue weighted by atomic mass is 10.1. The van der Waals surface area contributed by atoms with Crippen LogP contribution in [0.25, 0.3) is 10.9 Å². The third-order valence-electron chi connectivity index (χ3n) is 5.11. The predicted molar refractivity (Wildman–Crippen MR) is 106 cm³/mol. The first-order valence-corrected chi connectivity index (χ1v) is 9.59. The van der Waals surface area contributed by atoms with Crippen molar-refractivity contribution >= 4 is 28.4 Å². The maximum atomic E-state index is 12.1. The van der Waals surface area contributed by atoms with E-state index in [-0.39, 0.29) is 12.1 Å². The molecule has 1 aromatic carbocycles.